The standard InChI is InChI=1S/C15H14F3N3O4/c1-9(25-11-5-3-2-4-10(11)15(16,17)18)14(24)19-12-6-7-21(20-12)8-13(22)23/h2-7,9H,8H2,1H3,(H,22,23)(H,19,20,24). The first kappa shape index (κ1) is 18.3. The van der Waals surface area contributed by atoms with Gasteiger partial charge in [-0.15, -0.1) is 0 Å². The zero-order valence-electron chi connectivity index (χ0n) is 12.9. The molecule has 1 atom stereocenters. The first-order valence-electron chi connectivity index (χ1n) is 7.06. The number of rotatable bonds is 6. The van der Waals surface area contributed by atoms with E-state index < -0.39 is 35.5 Å². The summed E-state index contributed by atoms with van der Waals surface area (Å²) in [5.74, 6) is -2.24. The Kier molecular flexibility index (Phi) is 5.30. The number of benzene rings is 1. The van der Waals surface area contributed by atoms with E-state index in [0.29, 0.717) is 0 Å². The number of ether oxygens (including phenoxy) is 1. The second kappa shape index (κ2) is 7.24. The van der Waals surface area contributed by atoms with E-state index in [-0.39, 0.29) is 12.4 Å². The van der Waals surface area contributed by atoms with Gasteiger partial charge >= 0.3 is 12.1 Å². The maximum Gasteiger partial charge on any atom is 0.419 e. The van der Waals surface area contributed by atoms with Crippen LogP contribution in [0.4, 0.5) is 19.0 Å². The molecular formula is C15H14F3N3O4. The minimum Gasteiger partial charge on any atom is -0.480 e. The van der Waals surface area contributed by atoms with Crippen LogP contribution in [0.25, 0.3) is 0 Å². The van der Waals surface area contributed by atoms with Gasteiger partial charge in [0.1, 0.15) is 12.3 Å². The molecule has 2 N–H and O–H groups in total. The molecule has 0 aliphatic rings. The fourth-order valence-corrected chi connectivity index (χ4v) is 1.93. The molecule has 0 saturated heterocycles. The predicted octanol–water partition coefficient (Wildman–Crippen LogP) is 2.39. The van der Waals surface area contributed by atoms with E-state index in [4.69, 9.17) is 9.84 Å². The van der Waals surface area contributed by atoms with Gasteiger partial charge in [-0.1, -0.05) is 12.1 Å². The first-order valence-corrected chi connectivity index (χ1v) is 7.06. The molecule has 0 spiro atoms. The van der Waals surface area contributed by atoms with E-state index in [1.54, 1.807) is 0 Å². The number of aromatic nitrogens is 2. The van der Waals surface area contributed by atoms with Crippen LogP contribution in [-0.2, 0) is 22.3 Å². The number of aliphatic carboxylic acids is 1. The second-order valence-electron chi connectivity index (χ2n) is 5.04. The van der Waals surface area contributed by atoms with E-state index >= 15 is 0 Å². The van der Waals surface area contributed by atoms with E-state index in [1.807, 2.05) is 0 Å². The Balaban J connectivity index is 2.04. The number of carboxylic acid groups (broad SMARTS) is 1. The normalized spacial score (nSPS) is 12.5. The third kappa shape index (κ3) is 4.96. The molecule has 0 saturated carbocycles. The van der Waals surface area contributed by atoms with Gasteiger partial charge in [-0.05, 0) is 19.1 Å². The Hall–Kier alpha value is -3.04. The maximum absolute atomic E-state index is 12.9. The number of carboxylic acids is 1. The second-order valence-corrected chi connectivity index (χ2v) is 5.04. The highest BCUT2D eigenvalue weighted by molar-refractivity contribution is 5.93. The quantitative estimate of drug-likeness (QED) is 0.828. The SMILES string of the molecule is CC(Oc1ccccc1C(F)(F)F)C(=O)Nc1ccn(CC(=O)O)n1. The summed E-state index contributed by atoms with van der Waals surface area (Å²) in [6.07, 6.45) is -4.50. The number of nitrogens with one attached hydrogen (secondary N) is 1. The van der Waals surface area contributed by atoms with Crippen LogP contribution in [0, 0.1) is 0 Å². The largest absolute Gasteiger partial charge is 0.480 e. The van der Waals surface area contributed by atoms with Crippen molar-refractivity contribution in [1.29, 1.82) is 0 Å². The summed E-state index contributed by atoms with van der Waals surface area (Å²) in [5, 5.41) is 14.8. The number of nitrogens with zero attached hydrogens (tertiary/aromatic N) is 2. The van der Waals surface area contributed by atoms with Crippen LogP contribution in [0.3, 0.4) is 0 Å². The average Bonchev–Trinajstić information content (AvgIpc) is 2.92. The van der Waals surface area contributed by atoms with Crippen LogP contribution in [-0.4, -0.2) is 32.9 Å². The van der Waals surface area contributed by atoms with Crippen molar-refractivity contribution in [2.24, 2.45) is 0 Å². The third-order valence-electron chi connectivity index (χ3n) is 3.05. The van der Waals surface area contributed by atoms with Gasteiger partial charge in [0.15, 0.2) is 11.9 Å². The van der Waals surface area contributed by atoms with Crippen LogP contribution in [0.2, 0.25) is 0 Å². The van der Waals surface area contributed by atoms with Crippen LogP contribution >= 0.6 is 0 Å². The molecule has 0 aliphatic carbocycles. The number of para-hydroxylation sites is 1. The number of carbonyl (C=O) groups excluding carboxylic acids is 1. The highest BCUT2D eigenvalue weighted by Gasteiger charge is 2.34. The molecule has 0 aliphatic heterocycles. The number of alkyl halides is 3. The maximum atomic E-state index is 12.9. The number of hydrogen-bond donors (Lipinski definition) is 2. The molecule has 1 aromatic carbocycles. The molecule has 7 nitrogen and oxygen atoms in total. The number of halogens is 3. The van der Waals surface area contributed by atoms with Gasteiger partial charge in [0.25, 0.3) is 5.91 Å². The lowest BCUT2D eigenvalue weighted by atomic mass is 10.2. The van der Waals surface area contributed by atoms with Gasteiger partial charge in [0.2, 0.25) is 0 Å². The zero-order valence-corrected chi connectivity index (χ0v) is 12.9. The first-order chi connectivity index (χ1) is 11.7. The van der Waals surface area contributed by atoms with Crippen molar-refractivity contribution in [3.8, 4) is 5.75 Å². The van der Waals surface area contributed by atoms with Crippen molar-refractivity contribution in [3.05, 3.63) is 42.1 Å². The summed E-state index contributed by atoms with van der Waals surface area (Å²) in [4.78, 5) is 22.6. The molecule has 2 rings (SSSR count). The molecule has 1 unspecified atom stereocenters. The van der Waals surface area contributed by atoms with Crippen molar-refractivity contribution >= 4 is 17.7 Å². The van der Waals surface area contributed by atoms with Gasteiger partial charge in [-0.2, -0.15) is 18.3 Å². The Labute approximate surface area is 140 Å². The minimum absolute atomic E-state index is 0.0609. The summed E-state index contributed by atoms with van der Waals surface area (Å²) < 4.78 is 44.9. The summed E-state index contributed by atoms with van der Waals surface area (Å²) in [5.41, 5.74) is -0.986. The molecule has 1 aromatic heterocycles. The van der Waals surface area contributed by atoms with E-state index in [2.05, 4.69) is 10.4 Å². The predicted molar refractivity (Wildman–Crippen MR) is 80.0 cm³/mol. The third-order valence-corrected chi connectivity index (χ3v) is 3.05. The van der Waals surface area contributed by atoms with E-state index in [0.717, 1.165) is 16.8 Å². The molecule has 0 fully saturated rings. The number of hydrogen-bond acceptors (Lipinski definition) is 4. The van der Waals surface area contributed by atoms with Crippen LogP contribution in [0.15, 0.2) is 36.5 Å². The molecule has 2 aromatic rings. The minimum atomic E-state index is -4.61. The molecule has 1 heterocycles. The number of anilines is 1. The fraction of sp³-hybridized carbons (Fsp3) is 0.267. The van der Waals surface area contributed by atoms with E-state index in [1.165, 1.54) is 31.3 Å². The summed E-state index contributed by atoms with van der Waals surface area (Å²) >= 11 is 0. The summed E-state index contributed by atoms with van der Waals surface area (Å²) in [6, 6.07) is 5.91. The lowest BCUT2D eigenvalue weighted by Gasteiger charge is -2.17. The van der Waals surface area contributed by atoms with Crippen molar-refractivity contribution in [1.82, 2.24) is 9.78 Å². The van der Waals surface area contributed by atoms with Crippen molar-refractivity contribution < 1.29 is 32.6 Å². The Morgan fingerprint density at radius 3 is 2.64 bits per heavy atom. The van der Waals surface area contributed by atoms with Crippen molar-refractivity contribution in [3.63, 3.8) is 0 Å². The molecule has 0 radical (unpaired) electrons. The Morgan fingerprint density at radius 1 is 1.32 bits per heavy atom. The van der Waals surface area contributed by atoms with Gasteiger partial charge in [0, 0.05) is 12.3 Å². The Morgan fingerprint density at radius 2 is 2.00 bits per heavy atom. The van der Waals surface area contributed by atoms with Crippen LogP contribution < -0.4 is 10.1 Å². The van der Waals surface area contributed by atoms with Gasteiger partial charge < -0.3 is 15.2 Å². The van der Waals surface area contributed by atoms with Gasteiger partial charge in [-0.3, -0.25) is 14.3 Å². The molecule has 0 bridgehead atoms. The molecule has 25 heavy (non-hydrogen) atoms. The molecule has 1 amide bonds. The summed E-state index contributed by atoms with van der Waals surface area (Å²) in [7, 11) is 0. The zero-order chi connectivity index (χ0) is 18.6. The fourth-order valence-electron chi connectivity index (χ4n) is 1.93. The van der Waals surface area contributed by atoms with Crippen LogP contribution in [0.1, 0.15) is 12.5 Å². The van der Waals surface area contributed by atoms with Crippen molar-refractivity contribution in [2.45, 2.75) is 25.7 Å². The topological polar surface area (TPSA) is 93.5 Å². The van der Waals surface area contributed by atoms with Gasteiger partial charge in [-0.25, -0.2) is 0 Å². The number of amides is 1. The lowest BCUT2D eigenvalue weighted by molar-refractivity contribution is -0.140. The monoisotopic (exact) mass is 357 g/mol. The molecule has 134 valence electrons. The van der Waals surface area contributed by atoms with Gasteiger partial charge in [0.05, 0.1) is 5.56 Å². The number of carbonyl (C=O) groups is 2. The van der Waals surface area contributed by atoms with Crippen molar-refractivity contribution in [2.75, 3.05) is 5.32 Å². The summed E-state index contributed by atoms with van der Waals surface area (Å²) in [6.45, 7) is 0.900. The van der Waals surface area contributed by atoms with Crippen LogP contribution in [0.5, 0.6) is 5.75 Å². The Bertz CT molecular complexity index is 773. The van der Waals surface area contributed by atoms with E-state index in [9.17, 15) is 22.8 Å². The average molecular weight is 357 g/mol. The highest BCUT2D eigenvalue weighted by Crippen LogP contribution is 2.36. The lowest BCUT2D eigenvalue weighted by Crippen LogP contribution is -2.31. The smallest absolute Gasteiger partial charge is 0.419 e. The highest BCUT2D eigenvalue weighted by atomic mass is 19.4. The molecular weight excluding hydrogens is 343 g/mol. The molecule has 10 heteroatoms.